The fraction of sp³-hybridized carbons (Fsp3) is 0.310. The molecule has 1 N–H and O–H groups in total. The molecule has 204 valence electrons. The Morgan fingerprint density at radius 1 is 0.897 bits per heavy atom. The zero-order chi connectivity index (χ0) is 28.2. The van der Waals surface area contributed by atoms with E-state index in [1.165, 1.54) is 23.8 Å². The number of amides is 2. The highest BCUT2D eigenvalue weighted by Gasteiger charge is 2.35. The van der Waals surface area contributed by atoms with Crippen molar-refractivity contribution in [2.45, 2.75) is 38.9 Å². The standard InChI is InChI=1S/C29H33N5O5/c1-29(2,3)30-28(36)27(19-15-22(38-5)17-23(16-19)39-6)34(20-11-13-21(37-4)14-12-20)26(35)18-33-25-10-8-7-9-24(25)31-32-33/h7-17,27H,18H2,1-6H3,(H,30,36)/t27-/m1/s1. The van der Waals surface area contributed by atoms with Gasteiger partial charge in [-0.3, -0.25) is 14.5 Å². The Labute approximate surface area is 227 Å². The van der Waals surface area contributed by atoms with Crippen LogP contribution in [-0.4, -0.2) is 53.7 Å². The predicted molar refractivity (Wildman–Crippen MR) is 148 cm³/mol. The third-order valence-electron chi connectivity index (χ3n) is 6.02. The molecule has 0 saturated heterocycles. The molecule has 1 heterocycles. The molecule has 4 rings (SSSR count). The summed E-state index contributed by atoms with van der Waals surface area (Å²) >= 11 is 0. The Morgan fingerprint density at radius 2 is 1.51 bits per heavy atom. The van der Waals surface area contributed by atoms with Crippen LogP contribution in [0.5, 0.6) is 17.2 Å². The first-order chi connectivity index (χ1) is 18.6. The van der Waals surface area contributed by atoms with Crippen molar-refractivity contribution in [2.75, 3.05) is 26.2 Å². The summed E-state index contributed by atoms with van der Waals surface area (Å²) in [7, 11) is 4.63. The lowest BCUT2D eigenvalue weighted by Gasteiger charge is -2.34. The molecule has 4 aromatic rings. The first-order valence-electron chi connectivity index (χ1n) is 12.4. The molecule has 2 amide bonds. The number of carbonyl (C=O) groups excluding carboxylic acids is 2. The Balaban J connectivity index is 1.88. The van der Waals surface area contributed by atoms with Gasteiger partial charge in [-0.1, -0.05) is 17.3 Å². The summed E-state index contributed by atoms with van der Waals surface area (Å²) in [6, 6.07) is 18.4. The zero-order valence-electron chi connectivity index (χ0n) is 23.0. The first kappa shape index (κ1) is 27.4. The third kappa shape index (κ3) is 6.28. The molecule has 0 fully saturated rings. The Kier molecular flexibility index (Phi) is 8.04. The molecule has 1 atom stereocenters. The van der Waals surface area contributed by atoms with E-state index in [4.69, 9.17) is 14.2 Å². The molecule has 1 aromatic heterocycles. The zero-order valence-corrected chi connectivity index (χ0v) is 23.0. The lowest BCUT2D eigenvalue weighted by molar-refractivity contribution is -0.128. The highest BCUT2D eigenvalue weighted by atomic mass is 16.5. The van der Waals surface area contributed by atoms with Gasteiger partial charge in [-0.25, -0.2) is 4.68 Å². The van der Waals surface area contributed by atoms with Gasteiger partial charge in [-0.15, -0.1) is 5.10 Å². The summed E-state index contributed by atoms with van der Waals surface area (Å²) in [5.41, 5.74) is 1.83. The van der Waals surface area contributed by atoms with Crippen LogP contribution in [0.25, 0.3) is 11.0 Å². The smallest absolute Gasteiger partial charge is 0.249 e. The molecule has 0 radical (unpaired) electrons. The summed E-state index contributed by atoms with van der Waals surface area (Å²) in [6.07, 6.45) is 0. The van der Waals surface area contributed by atoms with Crippen molar-refractivity contribution in [3.63, 3.8) is 0 Å². The SMILES string of the molecule is COc1ccc(N(C(=O)Cn2nnc3ccccc32)[C@@H](C(=O)NC(C)(C)C)c2cc(OC)cc(OC)c2)cc1. The number of benzene rings is 3. The number of anilines is 1. The van der Waals surface area contributed by atoms with E-state index in [1.54, 1.807) is 49.6 Å². The van der Waals surface area contributed by atoms with Crippen LogP contribution in [0, 0.1) is 0 Å². The van der Waals surface area contributed by atoms with Gasteiger partial charge in [0.1, 0.15) is 35.4 Å². The van der Waals surface area contributed by atoms with Crippen LogP contribution in [-0.2, 0) is 16.1 Å². The van der Waals surface area contributed by atoms with Crippen molar-refractivity contribution in [1.29, 1.82) is 0 Å². The summed E-state index contributed by atoms with van der Waals surface area (Å²) < 4.78 is 17.8. The van der Waals surface area contributed by atoms with Crippen LogP contribution in [0.3, 0.4) is 0 Å². The summed E-state index contributed by atoms with van der Waals surface area (Å²) in [5.74, 6) is 0.855. The van der Waals surface area contributed by atoms with Crippen molar-refractivity contribution < 1.29 is 23.8 Å². The highest BCUT2D eigenvalue weighted by Crippen LogP contribution is 2.34. The number of rotatable bonds is 9. The van der Waals surface area contributed by atoms with Gasteiger partial charge in [0.2, 0.25) is 11.8 Å². The largest absolute Gasteiger partial charge is 0.497 e. The monoisotopic (exact) mass is 531 g/mol. The quantitative estimate of drug-likeness (QED) is 0.346. The number of nitrogens with one attached hydrogen (secondary N) is 1. The van der Waals surface area contributed by atoms with Crippen molar-refractivity contribution in [3.8, 4) is 17.2 Å². The van der Waals surface area contributed by atoms with E-state index in [-0.39, 0.29) is 18.4 Å². The maximum Gasteiger partial charge on any atom is 0.249 e. The van der Waals surface area contributed by atoms with Crippen LogP contribution in [0.4, 0.5) is 5.69 Å². The van der Waals surface area contributed by atoms with Crippen LogP contribution < -0.4 is 24.4 Å². The second-order valence-electron chi connectivity index (χ2n) is 9.99. The van der Waals surface area contributed by atoms with Crippen LogP contribution >= 0.6 is 0 Å². The maximum absolute atomic E-state index is 14.2. The van der Waals surface area contributed by atoms with E-state index < -0.39 is 11.6 Å². The van der Waals surface area contributed by atoms with Crippen LogP contribution in [0.2, 0.25) is 0 Å². The van der Waals surface area contributed by atoms with Crippen molar-refractivity contribution in [3.05, 3.63) is 72.3 Å². The average molecular weight is 532 g/mol. The Bertz CT molecular complexity index is 1440. The van der Waals surface area contributed by atoms with E-state index in [0.717, 1.165) is 0 Å². The molecular formula is C29H33N5O5. The minimum Gasteiger partial charge on any atom is -0.497 e. The minimum atomic E-state index is -1.07. The number of ether oxygens (including phenoxy) is 3. The van der Waals surface area contributed by atoms with Crippen molar-refractivity contribution in [2.24, 2.45) is 0 Å². The first-order valence-corrected chi connectivity index (χ1v) is 12.4. The van der Waals surface area contributed by atoms with E-state index in [9.17, 15) is 9.59 Å². The number of carbonyl (C=O) groups is 2. The molecule has 0 aliphatic carbocycles. The fourth-order valence-corrected chi connectivity index (χ4v) is 4.26. The van der Waals surface area contributed by atoms with E-state index >= 15 is 0 Å². The summed E-state index contributed by atoms with van der Waals surface area (Å²) in [6.45, 7) is 5.51. The molecular weight excluding hydrogens is 498 g/mol. The van der Waals surface area contributed by atoms with Gasteiger partial charge in [0.25, 0.3) is 0 Å². The number of aromatic nitrogens is 3. The molecule has 0 bridgehead atoms. The number of nitrogens with zero attached hydrogens (tertiary/aromatic N) is 4. The van der Waals surface area contributed by atoms with Gasteiger partial charge in [-0.2, -0.15) is 0 Å². The highest BCUT2D eigenvalue weighted by molar-refractivity contribution is 6.01. The molecule has 0 unspecified atom stereocenters. The molecule has 10 nitrogen and oxygen atoms in total. The molecule has 0 aliphatic heterocycles. The summed E-state index contributed by atoms with van der Waals surface area (Å²) in [4.78, 5) is 29.6. The van der Waals surface area contributed by atoms with E-state index in [0.29, 0.717) is 39.5 Å². The lowest BCUT2D eigenvalue weighted by Crippen LogP contribution is -2.50. The van der Waals surface area contributed by atoms with Gasteiger partial charge < -0.3 is 19.5 Å². The predicted octanol–water partition coefficient (Wildman–Crippen LogP) is 4.15. The summed E-state index contributed by atoms with van der Waals surface area (Å²) in [5, 5.41) is 11.4. The fourth-order valence-electron chi connectivity index (χ4n) is 4.26. The van der Waals surface area contributed by atoms with Gasteiger partial charge in [0.05, 0.1) is 26.8 Å². The van der Waals surface area contributed by atoms with Gasteiger partial charge >= 0.3 is 0 Å². The molecule has 0 spiro atoms. The number of fused-ring (bicyclic) bond motifs is 1. The topological polar surface area (TPSA) is 108 Å². The van der Waals surface area contributed by atoms with E-state index in [2.05, 4.69) is 15.6 Å². The number of para-hydroxylation sites is 1. The maximum atomic E-state index is 14.2. The van der Waals surface area contributed by atoms with Gasteiger partial charge in [-0.05, 0) is 74.9 Å². The normalized spacial score (nSPS) is 12.1. The molecule has 0 saturated carbocycles. The minimum absolute atomic E-state index is 0.146. The van der Waals surface area contributed by atoms with Crippen LogP contribution in [0.1, 0.15) is 32.4 Å². The number of hydrogen-bond donors (Lipinski definition) is 1. The molecule has 3 aromatic carbocycles. The van der Waals surface area contributed by atoms with Crippen molar-refractivity contribution in [1.82, 2.24) is 20.3 Å². The molecule has 0 aliphatic rings. The number of hydrogen-bond acceptors (Lipinski definition) is 7. The Morgan fingerprint density at radius 3 is 2.10 bits per heavy atom. The average Bonchev–Trinajstić information content (AvgIpc) is 3.32. The second-order valence-corrected chi connectivity index (χ2v) is 9.99. The number of methoxy groups -OCH3 is 3. The Hall–Kier alpha value is -4.60. The second kappa shape index (κ2) is 11.4. The third-order valence-corrected chi connectivity index (χ3v) is 6.02. The molecule has 10 heteroatoms. The van der Waals surface area contributed by atoms with E-state index in [1.807, 2.05) is 45.0 Å². The van der Waals surface area contributed by atoms with Gasteiger partial charge in [0, 0.05) is 17.3 Å². The van der Waals surface area contributed by atoms with Gasteiger partial charge in [0.15, 0.2) is 0 Å². The lowest BCUT2D eigenvalue weighted by atomic mass is 10.00. The van der Waals surface area contributed by atoms with Crippen molar-refractivity contribution >= 4 is 28.5 Å². The van der Waals surface area contributed by atoms with Crippen LogP contribution in [0.15, 0.2) is 66.7 Å². The molecule has 39 heavy (non-hydrogen) atoms.